The molecule has 19 heavy (non-hydrogen) atoms. The van der Waals surface area contributed by atoms with Crippen molar-refractivity contribution in [3.05, 3.63) is 24.3 Å². The summed E-state index contributed by atoms with van der Waals surface area (Å²) in [5.41, 5.74) is 0. The molecule has 0 aliphatic carbocycles. The molecule has 0 unspecified atom stereocenters. The van der Waals surface area contributed by atoms with E-state index in [1.807, 2.05) is 24.3 Å². The highest BCUT2D eigenvalue weighted by molar-refractivity contribution is 7.99. The molecule has 104 valence electrons. The van der Waals surface area contributed by atoms with Gasteiger partial charge in [-0.25, -0.2) is 0 Å². The quantitative estimate of drug-likeness (QED) is 0.744. The summed E-state index contributed by atoms with van der Waals surface area (Å²) in [6.07, 6.45) is 0.566. The number of nitrogens with one attached hydrogen (secondary N) is 2. The third kappa shape index (κ3) is 4.76. The van der Waals surface area contributed by atoms with E-state index in [9.17, 15) is 4.79 Å². The van der Waals surface area contributed by atoms with Gasteiger partial charge in [-0.05, 0) is 24.3 Å². The maximum atomic E-state index is 11.6. The molecule has 2 rings (SSSR count). The lowest BCUT2D eigenvalue weighted by molar-refractivity contribution is -0.120. The van der Waals surface area contributed by atoms with Gasteiger partial charge in [0, 0.05) is 42.6 Å². The fourth-order valence-electron chi connectivity index (χ4n) is 1.77. The monoisotopic (exact) mass is 280 g/mol. The molecule has 0 saturated carbocycles. The number of thioether (sulfide) groups is 1. The summed E-state index contributed by atoms with van der Waals surface area (Å²) >= 11 is 1.69. The number of carbonyl (C=O) groups is 1. The van der Waals surface area contributed by atoms with Crippen molar-refractivity contribution in [3.8, 4) is 5.75 Å². The zero-order valence-electron chi connectivity index (χ0n) is 11.1. The fraction of sp³-hybridized carbons (Fsp3) is 0.500. The molecule has 0 bridgehead atoms. The van der Waals surface area contributed by atoms with Crippen LogP contribution >= 0.6 is 11.8 Å². The number of hydrogen-bond acceptors (Lipinski definition) is 4. The molecule has 1 aliphatic heterocycles. The van der Waals surface area contributed by atoms with E-state index in [0.717, 1.165) is 36.0 Å². The highest BCUT2D eigenvalue weighted by Crippen LogP contribution is 2.21. The van der Waals surface area contributed by atoms with E-state index in [1.54, 1.807) is 18.9 Å². The largest absolute Gasteiger partial charge is 0.497 e. The number of benzene rings is 1. The smallest absolute Gasteiger partial charge is 0.220 e. The molecule has 1 aliphatic rings. The second kappa shape index (κ2) is 7.40. The summed E-state index contributed by atoms with van der Waals surface area (Å²) in [7, 11) is 1.66. The first kappa shape index (κ1) is 14.2. The van der Waals surface area contributed by atoms with Gasteiger partial charge in [0.25, 0.3) is 0 Å². The van der Waals surface area contributed by atoms with Crippen LogP contribution in [0.5, 0.6) is 5.75 Å². The van der Waals surface area contributed by atoms with Crippen molar-refractivity contribution in [2.75, 3.05) is 32.5 Å². The van der Waals surface area contributed by atoms with Crippen LogP contribution in [0.4, 0.5) is 0 Å². The molecule has 0 aromatic heterocycles. The number of carbonyl (C=O) groups excluding carboxylic acids is 1. The molecule has 1 saturated heterocycles. The second-order valence-corrected chi connectivity index (χ2v) is 5.77. The minimum Gasteiger partial charge on any atom is -0.497 e. The van der Waals surface area contributed by atoms with Crippen LogP contribution in [0.1, 0.15) is 6.42 Å². The van der Waals surface area contributed by atoms with Gasteiger partial charge in [0.1, 0.15) is 5.75 Å². The summed E-state index contributed by atoms with van der Waals surface area (Å²) in [6, 6.07) is 7.90. The van der Waals surface area contributed by atoms with Gasteiger partial charge in [0.05, 0.1) is 7.11 Å². The minimum atomic E-state index is 0.146. The molecule has 4 nitrogen and oxygen atoms in total. The highest BCUT2D eigenvalue weighted by atomic mass is 32.2. The summed E-state index contributed by atoms with van der Waals surface area (Å²) in [5.74, 6) is 2.43. The van der Waals surface area contributed by atoms with E-state index in [1.165, 1.54) is 0 Å². The molecular weight excluding hydrogens is 260 g/mol. The van der Waals surface area contributed by atoms with Crippen molar-refractivity contribution < 1.29 is 9.53 Å². The first-order valence-electron chi connectivity index (χ1n) is 6.52. The van der Waals surface area contributed by atoms with Crippen molar-refractivity contribution in [3.63, 3.8) is 0 Å². The molecule has 0 atom stereocenters. The van der Waals surface area contributed by atoms with Gasteiger partial charge in [-0.2, -0.15) is 0 Å². The first-order valence-corrected chi connectivity index (χ1v) is 7.51. The molecule has 5 heteroatoms. The number of rotatable bonds is 7. The summed E-state index contributed by atoms with van der Waals surface area (Å²) in [5, 5.41) is 6.17. The Hall–Kier alpha value is -1.20. The lowest BCUT2D eigenvalue weighted by Crippen LogP contribution is -2.48. The van der Waals surface area contributed by atoms with Gasteiger partial charge in [-0.15, -0.1) is 11.8 Å². The zero-order chi connectivity index (χ0) is 13.5. The Bertz CT molecular complexity index is 404. The maximum Gasteiger partial charge on any atom is 0.220 e. The molecule has 2 N–H and O–H groups in total. The summed E-state index contributed by atoms with van der Waals surface area (Å²) < 4.78 is 5.10. The Morgan fingerprint density at radius 1 is 1.42 bits per heavy atom. The Labute approximate surface area is 118 Å². The molecule has 1 amide bonds. The van der Waals surface area contributed by atoms with Crippen LogP contribution in [0.3, 0.4) is 0 Å². The van der Waals surface area contributed by atoms with Crippen LogP contribution in [-0.2, 0) is 4.79 Å². The molecule has 1 heterocycles. The average Bonchev–Trinajstić information content (AvgIpc) is 2.38. The van der Waals surface area contributed by atoms with Crippen LogP contribution < -0.4 is 15.4 Å². The third-order valence-electron chi connectivity index (χ3n) is 3.11. The third-order valence-corrected chi connectivity index (χ3v) is 4.12. The van der Waals surface area contributed by atoms with Crippen LogP contribution in [-0.4, -0.2) is 38.4 Å². The number of amides is 1. The Balaban J connectivity index is 1.60. The molecular formula is C14H20N2O2S. The van der Waals surface area contributed by atoms with Crippen molar-refractivity contribution in [2.24, 2.45) is 5.92 Å². The molecule has 1 fully saturated rings. The van der Waals surface area contributed by atoms with Gasteiger partial charge in [-0.1, -0.05) is 0 Å². The SMILES string of the molecule is COc1ccc(SCCC(=O)NCC2CNC2)cc1. The van der Waals surface area contributed by atoms with Gasteiger partial charge < -0.3 is 15.4 Å². The fourth-order valence-corrected chi connectivity index (χ4v) is 2.62. The van der Waals surface area contributed by atoms with Gasteiger partial charge in [0.2, 0.25) is 5.91 Å². The number of hydrogen-bond donors (Lipinski definition) is 2. The van der Waals surface area contributed by atoms with Crippen LogP contribution in [0, 0.1) is 5.92 Å². The molecule has 1 aromatic carbocycles. The van der Waals surface area contributed by atoms with Crippen molar-refractivity contribution in [2.45, 2.75) is 11.3 Å². The predicted molar refractivity (Wildman–Crippen MR) is 77.7 cm³/mol. The lowest BCUT2D eigenvalue weighted by atomic mass is 10.0. The van der Waals surface area contributed by atoms with E-state index in [4.69, 9.17) is 4.74 Å². The van der Waals surface area contributed by atoms with Crippen LogP contribution in [0.2, 0.25) is 0 Å². The molecule has 0 radical (unpaired) electrons. The molecule has 1 aromatic rings. The lowest BCUT2D eigenvalue weighted by Gasteiger charge is -2.27. The average molecular weight is 280 g/mol. The Morgan fingerprint density at radius 2 is 2.16 bits per heavy atom. The Morgan fingerprint density at radius 3 is 2.74 bits per heavy atom. The van der Waals surface area contributed by atoms with Gasteiger partial charge in [-0.3, -0.25) is 4.79 Å². The highest BCUT2D eigenvalue weighted by Gasteiger charge is 2.16. The normalized spacial score (nSPS) is 14.8. The van der Waals surface area contributed by atoms with Gasteiger partial charge in [0.15, 0.2) is 0 Å². The van der Waals surface area contributed by atoms with E-state index in [-0.39, 0.29) is 5.91 Å². The predicted octanol–water partition coefficient (Wildman–Crippen LogP) is 1.51. The van der Waals surface area contributed by atoms with Crippen LogP contribution in [0.25, 0.3) is 0 Å². The van der Waals surface area contributed by atoms with Crippen LogP contribution in [0.15, 0.2) is 29.2 Å². The standard InChI is InChI=1S/C14H20N2O2S/c1-18-12-2-4-13(5-3-12)19-7-6-14(17)16-10-11-8-15-9-11/h2-5,11,15H,6-10H2,1H3,(H,16,17). The van der Waals surface area contributed by atoms with E-state index < -0.39 is 0 Å². The number of ether oxygens (including phenoxy) is 1. The topological polar surface area (TPSA) is 50.4 Å². The maximum absolute atomic E-state index is 11.6. The van der Waals surface area contributed by atoms with Crippen molar-refractivity contribution in [1.29, 1.82) is 0 Å². The zero-order valence-corrected chi connectivity index (χ0v) is 12.0. The Kier molecular flexibility index (Phi) is 5.54. The van der Waals surface area contributed by atoms with E-state index >= 15 is 0 Å². The summed E-state index contributed by atoms with van der Waals surface area (Å²) in [6.45, 7) is 2.86. The van der Waals surface area contributed by atoms with Gasteiger partial charge >= 0.3 is 0 Å². The second-order valence-electron chi connectivity index (χ2n) is 4.60. The van der Waals surface area contributed by atoms with E-state index in [0.29, 0.717) is 12.3 Å². The van der Waals surface area contributed by atoms with E-state index in [2.05, 4.69) is 10.6 Å². The number of methoxy groups -OCH3 is 1. The molecule has 0 spiro atoms. The minimum absolute atomic E-state index is 0.146. The van der Waals surface area contributed by atoms with Crippen molar-refractivity contribution >= 4 is 17.7 Å². The summed E-state index contributed by atoms with van der Waals surface area (Å²) in [4.78, 5) is 12.8. The van der Waals surface area contributed by atoms with Crippen molar-refractivity contribution in [1.82, 2.24) is 10.6 Å². The first-order chi connectivity index (χ1) is 9.28.